The van der Waals surface area contributed by atoms with Crippen LogP contribution in [0.5, 0.6) is 0 Å². The van der Waals surface area contributed by atoms with Gasteiger partial charge in [0.1, 0.15) is 12.8 Å². The highest BCUT2D eigenvalue weighted by atomic mass is 33.1. The zero-order valence-electron chi connectivity index (χ0n) is 36.0. The van der Waals surface area contributed by atoms with Crippen LogP contribution >= 0.6 is 21.6 Å². The Kier molecular flexibility index (Phi) is 23.9. The average Bonchev–Trinajstić information content (AvgIpc) is 4.00. The lowest BCUT2D eigenvalue weighted by atomic mass is 9.90. The number of amides is 1. The van der Waals surface area contributed by atoms with Gasteiger partial charge in [0.05, 0.1) is 26.4 Å². The van der Waals surface area contributed by atoms with Gasteiger partial charge in [-0.15, -0.1) is 0 Å². The lowest BCUT2D eigenvalue weighted by molar-refractivity contribution is -0.697. The molecule has 8 N–H and O–H groups in total. The van der Waals surface area contributed by atoms with Gasteiger partial charge in [0.15, 0.2) is 12.4 Å². The summed E-state index contributed by atoms with van der Waals surface area (Å²) < 4.78 is 2.09. The number of aryl methyl sites for hydroxylation is 1. The van der Waals surface area contributed by atoms with E-state index in [4.69, 9.17) is 0 Å². The molecule has 0 saturated heterocycles. The van der Waals surface area contributed by atoms with Crippen molar-refractivity contribution in [1.82, 2.24) is 20.9 Å². The molecule has 1 aromatic carbocycles. The fraction of sp³-hybridized carbons (Fsp3) is 0.532. The number of nitrogens with one attached hydrogen (secondary N) is 3. The third-order valence-electron chi connectivity index (χ3n) is 11.1. The lowest BCUT2D eigenvalue weighted by Gasteiger charge is -2.31. The van der Waals surface area contributed by atoms with Crippen LogP contribution in [0, 0.1) is 11.3 Å². The molecular weight excluding hydrogens is 809 g/mol. The van der Waals surface area contributed by atoms with Crippen molar-refractivity contribution in [3.8, 4) is 0 Å². The van der Waals surface area contributed by atoms with E-state index in [0.29, 0.717) is 51.5 Å². The minimum absolute atomic E-state index is 0.0400. The second-order valence-corrected chi connectivity index (χ2v) is 18.2. The first-order valence-corrected chi connectivity index (χ1v) is 24.4. The number of fused-ring (bicyclic) bond motifs is 1. The Morgan fingerprint density at radius 1 is 0.885 bits per heavy atom. The minimum Gasteiger partial charge on any atom is -0.395 e. The van der Waals surface area contributed by atoms with Crippen LogP contribution in [0.4, 0.5) is 5.69 Å². The molecule has 0 bridgehead atoms. The van der Waals surface area contributed by atoms with Crippen LogP contribution in [0.15, 0.2) is 97.0 Å². The summed E-state index contributed by atoms with van der Waals surface area (Å²) in [5.41, 5.74) is 4.40. The maximum absolute atomic E-state index is 12.3. The van der Waals surface area contributed by atoms with E-state index in [2.05, 4.69) is 86.2 Å². The molecule has 2 aromatic rings. The number of hydrogen-bond acceptors (Lipinski definition) is 12. The quantitative estimate of drug-likeness (QED) is 0.0133. The van der Waals surface area contributed by atoms with Gasteiger partial charge < -0.3 is 41.1 Å². The molecule has 14 heteroatoms. The summed E-state index contributed by atoms with van der Waals surface area (Å²) in [5.74, 6) is 2.38. The molecule has 1 fully saturated rings. The predicted molar refractivity (Wildman–Crippen MR) is 253 cm³/mol. The van der Waals surface area contributed by atoms with Crippen LogP contribution in [0.25, 0.3) is 12.2 Å². The Bertz CT molecular complexity index is 1680. The molecule has 61 heavy (non-hydrogen) atoms. The van der Waals surface area contributed by atoms with Gasteiger partial charge in [0, 0.05) is 99.4 Å². The normalized spacial score (nSPS) is 19.3. The van der Waals surface area contributed by atoms with Gasteiger partial charge in [-0.05, 0) is 79.6 Å². The second kappa shape index (κ2) is 29.0. The van der Waals surface area contributed by atoms with Crippen molar-refractivity contribution in [2.75, 3.05) is 88.6 Å². The molecular formula is C47H71N6O6S2+. The molecule has 2 aliphatic carbocycles. The summed E-state index contributed by atoms with van der Waals surface area (Å²) in [6.07, 6.45) is 27.9. The Hall–Kier alpha value is -3.44. The molecule has 1 saturated carbocycles. The molecule has 1 amide bonds. The summed E-state index contributed by atoms with van der Waals surface area (Å²) in [4.78, 5) is 16.5. The van der Waals surface area contributed by atoms with E-state index in [1.807, 2.05) is 54.7 Å². The van der Waals surface area contributed by atoms with E-state index in [0.717, 1.165) is 79.2 Å². The number of hydrogen-bond donors (Lipinski definition) is 8. The van der Waals surface area contributed by atoms with Gasteiger partial charge >= 0.3 is 0 Å². The van der Waals surface area contributed by atoms with Crippen molar-refractivity contribution in [3.05, 3.63) is 108 Å². The predicted octanol–water partition coefficient (Wildman–Crippen LogP) is 4.13. The maximum Gasteiger partial charge on any atom is 0.220 e. The summed E-state index contributed by atoms with van der Waals surface area (Å²) in [7, 11) is 3.47. The Labute approximate surface area is 372 Å². The van der Waals surface area contributed by atoms with Crippen molar-refractivity contribution in [1.29, 1.82) is 0 Å². The molecule has 4 rings (SSSR count). The topological polar surface area (TPSA) is 165 Å². The molecule has 0 radical (unpaired) electrons. The summed E-state index contributed by atoms with van der Waals surface area (Å²) in [5, 5.41) is 57.2. The van der Waals surface area contributed by atoms with Crippen LogP contribution in [0.2, 0.25) is 0 Å². The van der Waals surface area contributed by atoms with Crippen molar-refractivity contribution < 1.29 is 34.9 Å². The Morgan fingerprint density at radius 2 is 1.56 bits per heavy atom. The molecule has 0 spiro atoms. The van der Waals surface area contributed by atoms with Crippen LogP contribution in [0.3, 0.4) is 0 Å². The van der Waals surface area contributed by atoms with Crippen LogP contribution in [0.1, 0.15) is 56.6 Å². The first kappa shape index (κ1) is 50.2. The number of aliphatic hydroxyl groups excluding tert-OH is 5. The second-order valence-electron chi connectivity index (χ2n) is 15.5. The van der Waals surface area contributed by atoms with Crippen molar-refractivity contribution in [2.24, 2.45) is 11.3 Å². The molecule has 12 nitrogen and oxygen atoms in total. The number of carbonyl (C=O) groups is 1. The third kappa shape index (κ3) is 18.8. The SMILES string of the molecule is CC=C(C=CNCCCC(O)NCCSSCCNC(=O)CCC[n+]1ccc(C=Cc2ccc(N(CCO)CCO)cc2)cc1)C=CC12C=CC(N(CCO)CCO)CC1C2. The van der Waals surface area contributed by atoms with Crippen molar-refractivity contribution >= 4 is 45.3 Å². The summed E-state index contributed by atoms with van der Waals surface area (Å²) in [6, 6.07) is 12.4. The molecule has 4 atom stereocenters. The number of aliphatic hydroxyl groups is 5. The van der Waals surface area contributed by atoms with E-state index in [-0.39, 0.29) is 43.8 Å². The van der Waals surface area contributed by atoms with Crippen molar-refractivity contribution in [3.63, 3.8) is 0 Å². The fourth-order valence-electron chi connectivity index (χ4n) is 7.46. The number of benzene rings is 1. The lowest BCUT2D eigenvalue weighted by Crippen LogP contribution is -2.39. The molecule has 336 valence electrons. The first-order chi connectivity index (χ1) is 29.8. The molecule has 4 unspecified atom stereocenters. The van der Waals surface area contributed by atoms with E-state index >= 15 is 0 Å². The van der Waals surface area contributed by atoms with Crippen LogP contribution in [-0.4, -0.2) is 132 Å². The maximum atomic E-state index is 12.3. The van der Waals surface area contributed by atoms with E-state index in [1.54, 1.807) is 21.6 Å². The van der Waals surface area contributed by atoms with E-state index < -0.39 is 6.23 Å². The highest BCUT2D eigenvalue weighted by molar-refractivity contribution is 8.76. The smallest absolute Gasteiger partial charge is 0.220 e. The minimum atomic E-state index is -0.532. The largest absolute Gasteiger partial charge is 0.395 e. The van der Waals surface area contributed by atoms with Gasteiger partial charge in [-0.3, -0.25) is 15.0 Å². The number of pyridine rings is 1. The summed E-state index contributed by atoms with van der Waals surface area (Å²) >= 11 is 0. The number of carbonyl (C=O) groups excluding carboxylic acids is 1. The number of aromatic nitrogens is 1. The Morgan fingerprint density at radius 3 is 2.21 bits per heavy atom. The fourth-order valence-corrected chi connectivity index (χ4v) is 9.29. The highest BCUT2D eigenvalue weighted by Crippen LogP contribution is 2.60. The van der Waals surface area contributed by atoms with Gasteiger partial charge in [-0.1, -0.05) is 76.3 Å². The zero-order valence-corrected chi connectivity index (χ0v) is 37.6. The van der Waals surface area contributed by atoms with E-state index in [1.165, 1.54) is 0 Å². The Balaban J connectivity index is 0.961. The number of nitrogens with zero attached hydrogens (tertiary/aromatic N) is 3. The molecule has 1 heterocycles. The van der Waals surface area contributed by atoms with Crippen LogP contribution < -0.4 is 25.4 Å². The van der Waals surface area contributed by atoms with Gasteiger partial charge in [0.2, 0.25) is 5.91 Å². The number of anilines is 1. The highest BCUT2D eigenvalue weighted by Gasteiger charge is 2.52. The van der Waals surface area contributed by atoms with Crippen molar-refractivity contribution in [2.45, 2.75) is 64.3 Å². The number of rotatable bonds is 32. The molecule has 0 aliphatic heterocycles. The summed E-state index contributed by atoms with van der Waals surface area (Å²) in [6.45, 7) is 7.39. The monoisotopic (exact) mass is 879 g/mol. The zero-order chi connectivity index (χ0) is 43.5. The van der Waals surface area contributed by atoms with Crippen LogP contribution in [-0.2, 0) is 11.3 Å². The average molecular weight is 880 g/mol. The standard InChI is InChI=1S/C47H70N6O6S2/c1-2-39(13-18-47-19-14-44(37-42(47)38-47)53(29-33-56)30-34-57)15-21-48-20-3-5-45(58)49-22-35-60-61-36-23-50-46(59)6-4-24-51-25-16-41(17-26-51)8-7-40-9-11-43(12-10-40)52(27-31-54)28-32-55/h2,7-19,21,25-26,42,44-45,48-49,54-58H,3-6,20,22-24,27-38H2,1H3/p+1. The molecule has 2 aliphatic rings. The van der Waals surface area contributed by atoms with Gasteiger partial charge in [0.25, 0.3) is 0 Å². The van der Waals surface area contributed by atoms with E-state index in [9.17, 15) is 30.3 Å². The molecule has 1 aromatic heterocycles. The number of allylic oxidation sites excluding steroid dienone is 6. The van der Waals surface area contributed by atoms with Gasteiger partial charge in [-0.25, -0.2) is 4.57 Å². The van der Waals surface area contributed by atoms with Gasteiger partial charge in [-0.2, -0.15) is 0 Å². The first-order valence-electron chi connectivity index (χ1n) is 21.9. The third-order valence-corrected chi connectivity index (χ3v) is 13.5.